The molecular formula is C14H17FN4. The molecule has 5 heteroatoms. The van der Waals surface area contributed by atoms with Gasteiger partial charge in [-0.25, -0.2) is 9.37 Å². The standard InChI is InChI=1S/C14H17FN4/c1-3-8-16-14-17-9-12(15)13(19-14)18-11-6-4-10(2)5-7-11/h4-7,9H,3,8H2,1-2H3,(H2,16,17,18,19). The van der Waals surface area contributed by atoms with Gasteiger partial charge >= 0.3 is 0 Å². The highest BCUT2D eigenvalue weighted by molar-refractivity contribution is 5.57. The smallest absolute Gasteiger partial charge is 0.224 e. The molecule has 0 saturated heterocycles. The van der Waals surface area contributed by atoms with E-state index in [9.17, 15) is 4.39 Å². The second kappa shape index (κ2) is 6.13. The second-order valence-corrected chi connectivity index (χ2v) is 4.31. The third kappa shape index (κ3) is 3.64. The van der Waals surface area contributed by atoms with Gasteiger partial charge in [0.15, 0.2) is 11.6 Å². The molecule has 2 aromatic rings. The lowest BCUT2D eigenvalue weighted by Crippen LogP contribution is -2.07. The number of aromatic nitrogens is 2. The van der Waals surface area contributed by atoms with Gasteiger partial charge in [0.2, 0.25) is 5.95 Å². The molecular weight excluding hydrogens is 243 g/mol. The average Bonchev–Trinajstić information content (AvgIpc) is 2.42. The summed E-state index contributed by atoms with van der Waals surface area (Å²) in [5, 5.41) is 5.98. The summed E-state index contributed by atoms with van der Waals surface area (Å²) in [6.07, 6.45) is 2.13. The van der Waals surface area contributed by atoms with Crippen LogP contribution in [0.4, 0.5) is 21.8 Å². The molecule has 1 aromatic carbocycles. The van der Waals surface area contributed by atoms with E-state index < -0.39 is 5.82 Å². The summed E-state index contributed by atoms with van der Waals surface area (Å²) in [6.45, 7) is 4.80. The third-order valence-electron chi connectivity index (χ3n) is 2.59. The molecule has 4 nitrogen and oxygen atoms in total. The molecule has 0 spiro atoms. The molecule has 0 saturated carbocycles. The van der Waals surface area contributed by atoms with Crippen molar-refractivity contribution in [1.82, 2.24) is 9.97 Å². The summed E-state index contributed by atoms with van der Waals surface area (Å²) < 4.78 is 13.6. The average molecular weight is 260 g/mol. The molecule has 0 aliphatic heterocycles. The van der Waals surface area contributed by atoms with Crippen LogP contribution in [-0.4, -0.2) is 16.5 Å². The van der Waals surface area contributed by atoms with Gasteiger partial charge in [-0.3, -0.25) is 0 Å². The molecule has 0 aliphatic carbocycles. The van der Waals surface area contributed by atoms with E-state index in [1.54, 1.807) is 0 Å². The summed E-state index contributed by atoms with van der Waals surface area (Å²) >= 11 is 0. The van der Waals surface area contributed by atoms with Crippen LogP contribution in [0.5, 0.6) is 0 Å². The van der Waals surface area contributed by atoms with Crippen LogP contribution in [0.25, 0.3) is 0 Å². The minimum atomic E-state index is -0.470. The van der Waals surface area contributed by atoms with Crippen molar-refractivity contribution in [2.45, 2.75) is 20.3 Å². The van der Waals surface area contributed by atoms with Gasteiger partial charge in [0, 0.05) is 12.2 Å². The molecule has 1 aromatic heterocycles. The van der Waals surface area contributed by atoms with Crippen molar-refractivity contribution in [2.75, 3.05) is 17.2 Å². The molecule has 0 unspecified atom stereocenters. The zero-order valence-electron chi connectivity index (χ0n) is 11.1. The van der Waals surface area contributed by atoms with Crippen LogP contribution in [0.2, 0.25) is 0 Å². The maximum absolute atomic E-state index is 13.6. The molecule has 0 amide bonds. The van der Waals surface area contributed by atoms with Gasteiger partial charge in [0.1, 0.15) is 0 Å². The monoisotopic (exact) mass is 260 g/mol. The van der Waals surface area contributed by atoms with Crippen molar-refractivity contribution >= 4 is 17.5 Å². The molecule has 0 bridgehead atoms. The molecule has 19 heavy (non-hydrogen) atoms. The summed E-state index contributed by atoms with van der Waals surface area (Å²) in [5.74, 6) is 0.137. The topological polar surface area (TPSA) is 49.8 Å². The Bertz CT molecular complexity index is 540. The van der Waals surface area contributed by atoms with Crippen LogP contribution in [0.3, 0.4) is 0 Å². The first-order chi connectivity index (χ1) is 9.19. The zero-order chi connectivity index (χ0) is 13.7. The lowest BCUT2D eigenvalue weighted by Gasteiger charge is -2.09. The number of hydrogen-bond donors (Lipinski definition) is 2. The highest BCUT2D eigenvalue weighted by Crippen LogP contribution is 2.18. The molecule has 100 valence electrons. The summed E-state index contributed by atoms with van der Waals surface area (Å²) in [6, 6.07) is 7.68. The molecule has 0 atom stereocenters. The van der Waals surface area contributed by atoms with Crippen LogP contribution in [0.1, 0.15) is 18.9 Å². The Hall–Kier alpha value is -2.17. The van der Waals surface area contributed by atoms with E-state index in [1.165, 1.54) is 6.20 Å². The van der Waals surface area contributed by atoms with Gasteiger partial charge in [-0.05, 0) is 25.5 Å². The lowest BCUT2D eigenvalue weighted by molar-refractivity contribution is 0.619. The maximum Gasteiger partial charge on any atom is 0.224 e. The van der Waals surface area contributed by atoms with Crippen molar-refractivity contribution in [1.29, 1.82) is 0 Å². The largest absolute Gasteiger partial charge is 0.354 e. The van der Waals surface area contributed by atoms with Crippen LogP contribution < -0.4 is 10.6 Å². The van der Waals surface area contributed by atoms with Crippen molar-refractivity contribution in [3.05, 3.63) is 41.8 Å². The SMILES string of the molecule is CCCNc1ncc(F)c(Nc2ccc(C)cc2)n1. The molecule has 2 rings (SSSR count). The van der Waals surface area contributed by atoms with Crippen LogP contribution in [0, 0.1) is 12.7 Å². The van der Waals surface area contributed by atoms with Gasteiger partial charge in [0.05, 0.1) is 6.20 Å². The first-order valence-corrected chi connectivity index (χ1v) is 6.29. The quantitative estimate of drug-likeness (QED) is 0.864. The van der Waals surface area contributed by atoms with Crippen LogP contribution in [0.15, 0.2) is 30.5 Å². The van der Waals surface area contributed by atoms with E-state index in [-0.39, 0.29) is 5.82 Å². The Morgan fingerprint density at radius 3 is 2.63 bits per heavy atom. The number of aryl methyl sites for hydroxylation is 1. The van der Waals surface area contributed by atoms with Crippen molar-refractivity contribution in [3.63, 3.8) is 0 Å². The van der Waals surface area contributed by atoms with Gasteiger partial charge in [0.25, 0.3) is 0 Å². The van der Waals surface area contributed by atoms with Crippen LogP contribution >= 0.6 is 0 Å². The summed E-state index contributed by atoms with van der Waals surface area (Å²) in [7, 11) is 0. The molecule has 1 heterocycles. The Balaban J connectivity index is 2.16. The van der Waals surface area contributed by atoms with Crippen molar-refractivity contribution < 1.29 is 4.39 Å². The fourth-order valence-electron chi connectivity index (χ4n) is 1.55. The van der Waals surface area contributed by atoms with E-state index in [1.807, 2.05) is 38.1 Å². The van der Waals surface area contributed by atoms with E-state index in [4.69, 9.17) is 0 Å². The number of benzene rings is 1. The molecule has 0 aliphatic rings. The fourth-order valence-corrected chi connectivity index (χ4v) is 1.55. The van der Waals surface area contributed by atoms with Crippen molar-refractivity contribution in [3.8, 4) is 0 Å². The predicted molar refractivity (Wildman–Crippen MR) is 75.2 cm³/mol. The first-order valence-electron chi connectivity index (χ1n) is 6.29. The summed E-state index contributed by atoms with van der Waals surface area (Å²) in [5.41, 5.74) is 1.95. The first kappa shape index (κ1) is 13.3. The molecule has 0 fully saturated rings. The minimum absolute atomic E-state index is 0.178. The molecule has 2 N–H and O–H groups in total. The van der Waals surface area contributed by atoms with Gasteiger partial charge in [-0.1, -0.05) is 24.6 Å². The Morgan fingerprint density at radius 1 is 1.21 bits per heavy atom. The second-order valence-electron chi connectivity index (χ2n) is 4.31. The molecule has 0 radical (unpaired) electrons. The Labute approximate surface area is 112 Å². The highest BCUT2D eigenvalue weighted by Gasteiger charge is 2.06. The lowest BCUT2D eigenvalue weighted by atomic mass is 10.2. The van der Waals surface area contributed by atoms with Crippen molar-refractivity contribution in [2.24, 2.45) is 0 Å². The maximum atomic E-state index is 13.6. The number of halogens is 1. The zero-order valence-corrected chi connectivity index (χ0v) is 11.1. The normalized spacial score (nSPS) is 10.3. The van der Waals surface area contributed by atoms with Gasteiger partial charge in [-0.2, -0.15) is 4.98 Å². The number of rotatable bonds is 5. The minimum Gasteiger partial charge on any atom is -0.354 e. The van der Waals surface area contributed by atoms with E-state index in [0.717, 1.165) is 24.2 Å². The number of nitrogens with zero attached hydrogens (tertiary/aromatic N) is 2. The number of nitrogens with one attached hydrogen (secondary N) is 2. The number of hydrogen-bond acceptors (Lipinski definition) is 4. The van der Waals surface area contributed by atoms with E-state index in [2.05, 4.69) is 20.6 Å². The van der Waals surface area contributed by atoms with E-state index in [0.29, 0.717) is 5.95 Å². The number of anilines is 3. The Kier molecular flexibility index (Phi) is 4.28. The Morgan fingerprint density at radius 2 is 1.95 bits per heavy atom. The van der Waals surface area contributed by atoms with Crippen LogP contribution in [-0.2, 0) is 0 Å². The summed E-state index contributed by atoms with van der Waals surface area (Å²) in [4.78, 5) is 8.01. The highest BCUT2D eigenvalue weighted by atomic mass is 19.1. The van der Waals surface area contributed by atoms with E-state index >= 15 is 0 Å². The van der Waals surface area contributed by atoms with Gasteiger partial charge in [-0.15, -0.1) is 0 Å². The third-order valence-corrected chi connectivity index (χ3v) is 2.59. The predicted octanol–water partition coefficient (Wildman–Crippen LogP) is 3.49. The fraction of sp³-hybridized carbons (Fsp3) is 0.286. The van der Waals surface area contributed by atoms with Gasteiger partial charge < -0.3 is 10.6 Å².